The zero-order chi connectivity index (χ0) is 26.1. The maximum atomic E-state index is 12.5. The molecule has 0 bridgehead atoms. The third-order valence-corrected chi connectivity index (χ3v) is 5.93. The van der Waals surface area contributed by atoms with Crippen molar-refractivity contribution in [3.63, 3.8) is 0 Å². The predicted octanol–water partition coefficient (Wildman–Crippen LogP) is 7.11. The Labute approximate surface area is 222 Å². The molecule has 3 aromatic carbocycles. The van der Waals surface area contributed by atoms with E-state index in [2.05, 4.69) is 31.3 Å². The maximum Gasteiger partial charge on any atom is 0.262 e. The van der Waals surface area contributed by atoms with Crippen molar-refractivity contribution in [3.05, 3.63) is 98.5 Å². The molecule has 0 heterocycles. The fourth-order valence-corrected chi connectivity index (χ4v) is 4.14. The lowest BCUT2D eigenvalue weighted by atomic mass is 10.0. The van der Waals surface area contributed by atoms with Crippen molar-refractivity contribution in [1.29, 1.82) is 5.26 Å². The third-order valence-electron chi connectivity index (χ3n) is 5.37. The van der Waals surface area contributed by atoms with Gasteiger partial charge in [-0.25, -0.2) is 0 Å². The van der Waals surface area contributed by atoms with Gasteiger partial charge in [-0.1, -0.05) is 79.5 Å². The molecule has 0 aliphatic rings. The van der Waals surface area contributed by atoms with Crippen LogP contribution < -0.4 is 14.8 Å². The van der Waals surface area contributed by atoms with E-state index in [-0.39, 0.29) is 22.2 Å². The lowest BCUT2D eigenvalue weighted by molar-refractivity contribution is -0.117. The number of ether oxygens (including phenoxy) is 2. The summed E-state index contributed by atoms with van der Waals surface area (Å²) in [5, 5.41) is 12.8. The van der Waals surface area contributed by atoms with Gasteiger partial charge in [0, 0.05) is 6.54 Å². The number of carbonyl (C=O) groups excluding carboxylic acids is 1. The van der Waals surface area contributed by atoms with Crippen LogP contribution in [0.25, 0.3) is 6.08 Å². The number of nitriles is 1. The number of benzene rings is 3. The molecule has 36 heavy (non-hydrogen) atoms. The van der Waals surface area contributed by atoms with E-state index >= 15 is 0 Å². The van der Waals surface area contributed by atoms with Crippen molar-refractivity contribution in [2.24, 2.45) is 0 Å². The molecule has 1 N–H and O–H groups in total. The molecule has 7 heteroatoms. The van der Waals surface area contributed by atoms with Gasteiger partial charge in [0.1, 0.15) is 30.6 Å². The second-order valence-electron chi connectivity index (χ2n) is 8.54. The summed E-state index contributed by atoms with van der Waals surface area (Å²) in [5.41, 5.74) is 3.65. The summed E-state index contributed by atoms with van der Waals surface area (Å²) in [7, 11) is 0. The second-order valence-corrected chi connectivity index (χ2v) is 9.36. The summed E-state index contributed by atoms with van der Waals surface area (Å²) in [4.78, 5) is 12.5. The maximum absolute atomic E-state index is 12.5. The minimum absolute atomic E-state index is 0.0563. The Kier molecular flexibility index (Phi) is 9.81. The summed E-state index contributed by atoms with van der Waals surface area (Å²) in [5.74, 6) is 1.01. The van der Waals surface area contributed by atoms with Crippen molar-refractivity contribution >= 4 is 35.2 Å². The normalized spacial score (nSPS) is 11.2. The average Bonchev–Trinajstić information content (AvgIpc) is 2.85. The molecule has 0 aliphatic heterocycles. The quantitative estimate of drug-likeness (QED) is 0.175. The molecule has 0 fully saturated rings. The van der Waals surface area contributed by atoms with Gasteiger partial charge in [-0.15, -0.1) is 0 Å². The van der Waals surface area contributed by atoms with E-state index in [1.165, 1.54) is 6.08 Å². The largest absolute Gasteiger partial charge is 0.490 e. The van der Waals surface area contributed by atoms with Crippen molar-refractivity contribution in [2.75, 3.05) is 13.2 Å². The van der Waals surface area contributed by atoms with Gasteiger partial charge in [-0.2, -0.15) is 5.26 Å². The lowest BCUT2D eigenvalue weighted by Crippen LogP contribution is -2.23. The fourth-order valence-electron chi connectivity index (χ4n) is 3.53. The molecule has 186 valence electrons. The highest BCUT2D eigenvalue weighted by Gasteiger charge is 2.13. The van der Waals surface area contributed by atoms with E-state index in [1.54, 1.807) is 12.1 Å². The van der Waals surface area contributed by atoms with Gasteiger partial charge in [0.25, 0.3) is 5.91 Å². The molecule has 0 spiro atoms. The van der Waals surface area contributed by atoms with E-state index in [9.17, 15) is 10.1 Å². The van der Waals surface area contributed by atoms with E-state index in [0.29, 0.717) is 30.4 Å². The first-order valence-electron chi connectivity index (χ1n) is 11.6. The number of amides is 1. The Bertz CT molecular complexity index is 1260. The molecule has 5 nitrogen and oxygen atoms in total. The van der Waals surface area contributed by atoms with Gasteiger partial charge in [0.15, 0.2) is 5.75 Å². The van der Waals surface area contributed by atoms with Crippen molar-refractivity contribution < 1.29 is 14.3 Å². The zero-order valence-electron chi connectivity index (χ0n) is 20.5. The van der Waals surface area contributed by atoms with Crippen LogP contribution in [0.15, 0.2) is 66.2 Å². The Morgan fingerprint density at radius 2 is 1.69 bits per heavy atom. The lowest BCUT2D eigenvalue weighted by Gasteiger charge is -2.16. The van der Waals surface area contributed by atoms with Crippen molar-refractivity contribution in [3.8, 4) is 17.6 Å². The molecule has 3 aromatic rings. The topological polar surface area (TPSA) is 71.3 Å². The smallest absolute Gasteiger partial charge is 0.262 e. The van der Waals surface area contributed by atoms with Crippen LogP contribution in [-0.4, -0.2) is 19.1 Å². The van der Waals surface area contributed by atoms with E-state index in [4.69, 9.17) is 32.7 Å². The van der Waals surface area contributed by atoms with Crippen LogP contribution in [-0.2, 0) is 11.3 Å². The fraction of sp³-hybridized carbons (Fsp3) is 0.241. The van der Waals surface area contributed by atoms with Crippen LogP contribution in [0.4, 0.5) is 0 Å². The molecular weight excluding hydrogens is 495 g/mol. The van der Waals surface area contributed by atoms with Crippen LogP contribution in [0, 0.1) is 18.3 Å². The summed E-state index contributed by atoms with van der Waals surface area (Å²) in [6.07, 6.45) is 1.44. The van der Waals surface area contributed by atoms with Gasteiger partial charge in [0.2, 0.25) is 0 Å². The van der Waals surface area contributed by atoms with E-state index in [1.807, 2.05) is 49.4 Å². The number of hydrogen-bond acceptors (Lipinski definition) is 4. The number of rotatable bonds is 10. The minimum atomic E-state index is -0.483. The molecule has 0 saturated heterocycles. The van der Waals surface area contributed by atoms with Crippen LogP contribution >= 0.6 is 23.2 Å². The first-order chi connectivity index (χ1) is 17.3. The predicted molar refractivity (Wildman–Crippen MR) is 145 cm³/mol. The van der Waals surface area contributed by atoms with Crippen LogP contribution in [0.5, 0.6) is 11.5 Å². The molecule has 0 unspecified atom stereocenters. The summed E-state index contributed by atoms with van der Waals surface area (Å²) >= 11 is 12.8. The highest BCUT2D eigenvalue weighted by atomic mass is 35.5. The SMILES string of the molecule is Cc1ccc(C(C)C)c(OCCOc2c(Cl)cc(/C=C(\C#N)C(=O)NCc3ccccc3)cc2Cl)c1. The molecule has 1 amide bonds. The van der Waals surface area contributed by atoms with Gasteiger partial charge < -0.3 is 14.8 Å². The number of nitrogens with zero attached hydrogens (tertiary/aromatic N) is 1. The summed E-state index contributed by atoms with van der Waals surface area (Å²) < 4.78 is 11.7. The Morgan fingerprint density at radius 3 is 2.33 bits per heavy atom. The number of nitrogens with one attached hydrogen (secondary N) is 1. The standard InChI is InChI=1S/C29H28Cl2N2O3/c1-19(2)24-10-9-20(3)13-27(24)35-11-12-36-28-25(30)15-22(16-26(28)31)14-23(17-32)29(34)33-18-21-7-5-4-6-8-21/h4-10,13-16,19H,11-12,18H2,1-3H3,(H,33,34)/b23-14+. The van der Waals surface area contributed by atoms with E-state index in [0.717, 1.165) is 22.4 Å². The highest BCUT2D eigenvalue weighted by molar-refractivity contribution is 6.37. The van der Waals surface area contributed by atoms with Gasteiger partial charge in [-0.05, 0) is 59.4 Å². The Balaban J connectivity index is 1.62. The zero-order valence-corrected chi connectivity index (χ0v) is 22.0. The van der Waals surface area contributed by atoms with Gasteiger partial charge >= 0.3 is 0 Å². The first kappa shape index (κ1) is 27.1. The number of halogens is 2. The molecule has 0 atom stereocenters. The molecular formula is C29H28Cl2N2O3. The van der Waals surface area contributed by atoms with Crippen LogP contribution in [0.3, 0.4) is 0 Å². The second kappa shape index (κ2) is 13.0. The monoisotopic (exact) mass is 522 g/mol. The number of hydrogen-bond donors (Lipinski definition) is 1. The van der Waals surface area contributed by atoms with Gasteiger partial charge in [0.05, 0.1) is 10.0 Å². The summed E-state index contributed by atoms with van der Waals surface area (Å²) in [6, 6.07) is 20.7. The molecule has 0 radical (unpaired) electrons. The molecule has 3 rings (SSSR count). The molecule has 0 saturated carbocycles. The first-order valence-corrected chi connectivity index (χ1v) is 12.3. The minimum Gasteiger partial charge on any atom is -0.490 e. The Hall–Kier alpha value is -3.46. The summed E-state index contributed by atoms with van der Waals surface area (Å²) in [6.45, 7) is 7.13. The Morgan fingerprint density at radius 1 is 1.03 bits per heavy atom. The number of aryl methyl sites for hydroxylation is 1. The van der Waals surface area contributed by atoms with Gasteiger partial charge in [-0.3, -0.25) is 4.79 Å². The number of carbonyl (C=O) groups is 1. The van der Waals surface area contributed by atoms with E-state index < -0.39 is 5.91 Å². The third kappa shape index (κ3) is 7.52. The molecule has 0 aromatic heterocycles. The van der Waals surface area contributed by atoms with Crippen LogP contribution in [0.1, 0.15) is 42.0 Å². The van der Waals surface area contributed by atoms with Crippen LogP contribution in [0.2, 0.25) is 10.0 Å². The highest BCUT2D eigenvalue weighted by Crippen LogP contribution is 2.35. The van der Waals surface area contributed by atoms with Crippen molar-refractivity contribution in [1.82, 2.24) is 5.32 Å². The average molecular weight is 523 g/mol. The van der Waals surface area contributed by atoms with Crippen molar-refractivity contribution in [2.45, 2.75) is 33.2 Å². The molecule has 0 aliphatic carbocycles.